The fourth-order valence-electron chi connectivity index (χ4n) is 3.41. The van der Waals surface area contributed by atoms with E-state index in [1.54, 1.807) is 10.6 Å². The van der Waals surface area contributed by atoms with E-state index < -0.39 is 0 Å². The average molecular weight is 445 g/mol. The van der Waals surface area contributed by atoms with Crippen molar-refractivity contribution in [3.05, 3.63) is 88.7 Å². The number of hydrogen-bond donors (Lipinski definition) is 1. The Morgan fingerprint density at radius 2 is 1.69 bits per heavy atom. The number of aromatic nitrogens is 2. The van der Waals surface area contributed by atoms with Gasteiger partial charge in [-0.1, -0.05) is 42.1 Å². The maximum Gasteiger partial charge on any atom is 0.266 e. The molecular formula is C25H24N4O2S. The second kappa shape index (κ2) is 9.28. The first-order chi connectivity index (χ1) is 15.4. The highest BCUT2D eigenvalue weighted by molar-refractivity contribution is 7.99. The maximum absolute atomic E-state index is 13.3. The molecule has 32 heavy (non-hydrogen) atoms. The van der Waals surface area contributed by atoms with Gasteiger partial charge in [0.1, 0.15) is 0 Å². The zero-order valence-electron chi connectivity index (χ0n) is 18.2. The predicted octanol–water partition coefficient (Wildman–Crippen LogP) is 4.49. The molecule has 162 valence electrons. The number of hydrogen-bond acceptors (Lipinski definition) is 5. The van der Waals surface area contributed by atoms with Crippen LogP contribution in [-0.2, 0) is 4.79 Å². The SMILES string of the molecule is Cc1ccccc1-n1c(SCC(=O)Nc2ccc(N(C)C)cc2)nc2ccccc2c1=O. The van der Waals surface area contributed by atoms with Crippen LogP contribution >= 0.6 is 11.8 Å². The molecule has 0 spiro atoms. The molecular weight excluding hydrogens is 420 g/mol. The van der Waals surface area contributed by atoms with Crippen LogP contribution in [0.15, 0.2) is 82.7 Å². The van der Waals surface area contributed by atoms with Crippen molar-refractivity contribution in [1.29, 1.82) is 0 Å². The summed E-state index contributed by atoms with van der Waals surface area (Å²) in [7, 11) is 3.93. The van der Waals surface area contributed by atoms with Crippen LogP contribution in [0.1, 0.15) is 5.56 Å². The summed E-state index contributed by atoms with van der Waals surface area (Å²) in [5, 5.41) is 3.94. The highest BCUT2D eigenvalue weighted by atomic mass is 32.2. The second-order valence-electron chi connectivity index (χ2n) is 7.62. The van der Waals surface area contributed by atoms with Gasteiger partial charge in [0.25, 0.3) is 5.56 Å². The van der Waals surface area contributed by atoms with Gasteiger partial charge in [-0.2, -0.15) is 0 Å². The van der Waals surface area contributed by atoms with E-state index in [-0.39, 0.29) is 17.2 Å². The molecule has 7 heteroatoms. The first-order valence-corrected chi connectivity index (χ1v) is 11.2. The summed E-state index contributed by atoms with van der Waals surface area (Å²) in [4.78, 5) is 32.6. The molecule has 3 aromatic carbocycles. The summed E-state index contributed by atoms with van der Waals surface area (Å²) < 4.78 is 1.60. The molecule has 0 radical (unpaired) electrons. The molecule has 0 fully saturated rings. The Hall–Kier alpha value is -3.58. The minimum absolute atomic E-state index is 0.131. The quantitative estimate of drug-likeness (QED) is 0.351. The molecule has 1 aromatic heterocycles. The lowest BCUT2D eigenvalue weighted by Gasteiger charge is -2.15. The van der Waals surface area contributed by atoms with Crippen molar-refractivity contribution in [3.8, 4) is 5.69 Å². The molecule has 1 amide bonds. The monoisotopic (exact) mass is 444 g/mol. The number of rotatable bonds is 6. The summed E-state index contributed by atoms with van der Waals surface area (Å²) in [6.07, 6.45) is 0. The summed E-state index contributed by atoms with van der Waals surface area (Å²) in [6.45, 7) is 1.95. The number of para-hydroxylation sites is 2. The van der Waals surface area contributed by atoms with Gasteiger partial charge in [-0.25, -0.2) is 4.98 Å². The van der Waals surface area contributed by atoms with Gasteiger partial charge in [0, 0.05) is 25.5 Å². The molecule has 1 N–H and O–H groups in total. The fraction of sp³-hybridized carbons (Fsp3) is 0.160. The third-order valence-electron chi connectivity index (χ3n) is 5.10. The second-order valence-corrected chi connectivity index (χ2v) is 8.56. The van der Waals surface area contributed by atoms with Gasteiger partial charge in [-0.3, -0.25) is 14.2 Å². The van der Waals surface area contributed by atoms with E-state index >= 15 is 0 Å². The normalized spacial score (nSPS) is 10.8. The third kappa shape index (κ3) is 4.53. The molecule has 0 saturated carbocycles. The average Bonchev–Trinajstić information content (AvgIpc) is 2.79. The lowest BCUT2D eigenvalue weighted by molar-refractivity contribution is -0.113. The van der Waals surface area contributed by atoms with Crippen LogP contribution in [0.2, 0.25) is 0 Å². The molecule has 0 aliphatic heterocycles. The lowest BCUT2D eigenvalue weighted by atomic mass is 10.2. The van der Waals surface area contributed by atoms with E-state index in [1.807, 2.05) is 92.6 Å². The minimum Gasteiger partial charge on any atom is -0.378 e. The Labute approximate surface area is 190 Å². The van der Waals surface area contributed by atoms with Crippen molar-refractivity contribution in [2.75, 3.05) is 30.1 Å². The lowest BCUT2D eigenvalue weighted by Crippen LogP contribution is -2.23. The molecule has 4 rings (SSSR count). The first kappa shape index (κ1) is 21.6. The van der Waals surface area contributed by atoms with E-state index in [1.165, 1.54) is 11.8 Å². The van der Waals surface area contributed by atoms with Gasteiger partial charge in [-0.05, 0) is 55.0 Å². The van der Waals surface area contributed by atoms with Crippen molar-refractivity contribution < 1.29 is 4.79 Å². The smallest absolute Gasteiger partial charge is 0.266 e. The van der Waals surface area contributed by atoms with Crippen molar-refractivity contribution >= 4 is 39.9 Å². The Morgan fingerprint density at radius 3 is 2.41 bits per heavy atom. The topological polar surface area (TPSA) is 67.2 Å². The number of carbonyl (C=O) groups excluding carboxylic acids is 1. The largest absolute Gasteiger partial charge is 0.378 e. The number of anilines is 2. The highest BCUT2D eigenvalue weighted by Gasteiger charge is 2.16. The van der Waals surface area contributed by atoms with Gasteiger partial charge in [0.2, 0.25) is 5.91 Å². The number of amides is 1. The summed E-state index contributed by atoms with van der Waals surface area (Å²) in [5.41, 5.74) is 3.97. The van der Waals surface area contributed by atoms with Crippen LogP contribution in [0, 0.1) is 6.92 Å². The standard InChI is InChI=1S/C25H24N4O2S/c1-17-8-4-7-11-22(17)29-24(31)20-9-5-6-10-21(20)27-25(29)32-16-23(30)26-18-12-14-19(15-13-18)28(2)3/h4-15H,16H2,1-3H3,(H,26,30). The summed E-state index contributed by atoms with van der Waals surface area (Å²) in [6, 6.07) is 22.6. The van der Waals surface area contributed by atoms with E-state index in [9.17, 15) is 9.59 Å². The molecule has 4 aromatic rings. The maximum atomic E-state index is 13.3. The predicted molar refractivity (Wildman–Crippen MR) is 132 cm³/mol. The summed E-state index contributed by atoms with van der Waals surface area (Å²) in [5.74, 6) is -0.0297. The van der Waals surface area contributed by atoms with Crippen LogP contribution in [0.4, 0.5) is 11.4 Å². The Balaban J connectivity index is 1.62. The number of benzene rings is 3. The van der Waals surface area contributed by atoms with Crippen LogP contribution in [0.25, 0.3) is 16.6 Å². The molecule has 0 aliphatic rings. The van der Waals surface area contributed by atoms with Crippen LogP contribution in [-0.4, -0.2) is 35.3 Å². The number of aryl methyl sites for hydroxylation is 1. The van der Waals surface area contributed by atoms with Gasteiger partial charge in [0.15, 0.2) is 5.16 Å². The van der Waals surface area contributed by atoms with E-state index in [4.69, 9.17) is 4.98 Å². The molecule has 0 aliphatic carbocycles. The van der Waals surface area contributed by atoms with Crippen molar-refractivity contribution in [3.63, 3.8) is 0 Å². The number of nitrogens with one attached hydrogen (secondary N) is 1. The van der Waals surface area contributed by atoms with Crippen molar-refractivity contribution in [1.82, 2.24) is 9.55 Å². The fourth-order valence-corrected chi connectivity index (χ4v) is 4.21. The number of nitrogens with zero attached hydrogens (tertiary/aromatic N) is 3. The van der Waals surface area contributed by atoms with Gasteiger partial charge >= 0.3 is 0 Å². The zero-order chi connectivity index (χ0) is 22.7. The first-order valence-electron chi connectivity index (χ1n) is 10.2. The van der Waals surface area contributed by atoms with Gasteiger partial charge in [-0.15, -0.1) is 0 Å². The summed E-state index contributed by atoms with van der Waals surface area (Å²) >= 11 is 1.25. The number of carbonyl (C=O) groups is 1. The van der Waals surface area contributed by atoms with Gasteiger partial charge in [0.05, 0.1) is 22.3 Å². The van der Waals surface area contributed by atoms with Crippen LogP contribution in [0.5, 0.6) is 0 Å². The minimum atomic E-state index is -0.161. The molecule has 6 nitrogen and oxygen atoms in total. The molecule has 1 heterocycles. The number of thioether (sulfide) groups is 1. The Kier molecular flexibility index (Phi) is 6.28. The Bertz CT molecular complexity index is 1330. The van der Waals surface area contributed by atoms with E-state index in [0.717, 1.165) is 22.6 Å². The Morgan fingerprint density at radius 1 is 1.00 bits per heavy atom. The van der Waals surface area contributed by atoms with Gasteiger partial charge < -0.3 is 10.2 Å². The molecule has 0 bridgehead atoms. The van der Waals surface area contributed by atoms with E-state index in [2.05, 4.69) is 5.32 Å². The number of fused-ring (bicyclic) bond motifs is 1. The van der Waals surface area contributed by atoms with E-state index in [0.29, 0.717) is 16.1 Å². The molecule has 0 unspecified atom stereocenters. The van der Waals surface area contributed by atoms with Crippen molar-refractivity contribution in [2.45, 2.75) is 12.1 Å². The van der Waals surface area contributed by atoms with Crippen LogP contribution in [0.3, 0.4) is 0 Å². The highest BCUT2D eigenvalue weighted by Crippen LogP contribution is 2.23. The molecule has 0 atom stereocenters. The van der Waals surface area contributed by atoms with Crippen LogP contribution < -0.4 is 15.8 Å². The zero-order valence-corrected chi connectivity index (χ0v) is 19.0. The molecule has 0 saturated heterocycles. The third-order valence-corrected chi connectivity index (χ3v) is 6.04. The van der Waals surface area contributed by atoms with Crippen molar-refractivity contribution in [2.24, 2.45) is 0 Å².